The molecule has 0 saturated carbocycles. The van der Waals surface area contributed by atoms with Gasteiger partial charge in [-0.15, -0.1) is 0 Å². The number of likely N-dealkylation sites (tertiary alicyclic amines) is 1. The minimum Gasteiger partial charge on any atom is -0.340 e. The summed E-state index contributed by atoms with van der Waals surface area (Å²) in [6, 6.07) is 8.67. The van der Waals surface area contributed by atoms with E-state index in [0.29, 0.717) is 25.2 Å². The fourth-order valence-corrected chi connectivity index (χ4v) is 5.79. The average molecular weight is 434 g/mol. The lowest BCUT2D eigenvalue weighted by atomic mass is 9.73. The van der Waals surface area contributed by atoms with Crippen molar-refractivity contribution in [2.45, 2.75) is 37.0 Å². The van der Waals surface area contributed by atoms with Gasteiger partial charge in [0.2, 0.25) is 5.91 Å². The Balaban J connectivity index is 1.29. The molecule has 7 heteroatoms. The molecule has 2 aromatic rings. The molecule has 1 aliphatic carbocycles. The summed E-state index contributed by atoms with van der Waals surface area (Å²) in [5.74, 6) is 0.506. The Bertz CT molecular complexity index is 979. The molecule has 0 radical (unpaired) electrons. The highest BCUT2D eigenvalue weighted by atomic mass is 16.2. The third-order valence-corrected chi connectivity index (χ3v) is 7.68. The summed E-state index contributed by atoms with van der Waals surface area (Å²) < 4.78 is 0. The van der Waals surface area contributed by atoms with Crippen molar-refractivity contribution in [3.05, 3.63) is 59.7 Å². The normalized spacial score (nSPS) is 22.7. The van der Waals surface area contributed by atoms with Gasteiger partial charge in [-0.05, 0) is 48.8 Å². The fourth-order valence-electron chi connectivity index (χ4n) is 5.79. The molecule has 1 aromatic heterocycles. The van der Waals surface area contributed by atoms with Crippen molar-refractivity contribution in [1.29, 1.82) is 0 Å². The molecule has 168 valence electrons. The maximum absolute atomic E-state index is 13.1. The third kappa shape index (κ3) is 3.90. The first-order chi connectivity index (χ1) is 15.6. The summed E-state index contributed by atoms with van der Waals surface area (Å²) in [6.45, 7) is 4.98. The molecule has 1 spiro atoms. The highest BCUT2D eigenvalue weighted by molar-refractivity contribution is 5.92. The molecule has 2 fully saturated rings. The zero-order valence-corrected chi connectivity index (χ0v) is 18.7. The minimum atomic E-state index is -0.0407. The van der Waals surface area contributed by atoms with Crippen LogP contribution in [0.4, 0.5) is 0 Å². The molecule has 3 heterocycles. The molecule has 2 saturated heterocycles. The molecule has 0 N–H and O–H groups in total. The second kappa shape index (κ2) is 8.62. The van der Waals surface area contributed by atoms with Crippen LogP contribution in [0.25, 0.3) is 0 Å². The topological polar surface area (TPSA) is 69.6 Å². The maximum Gasteiger partial charge on any atom is 0.274 e. The van der Waals surface area contributed by atoms with Crippen LogP contribution in [0.3, 0.4) is 0 Å². The number of rotatable bonds is 3. The molecular weight excluding hydrogens is 402 g/mol. The molecule has 2 amide bonds. The Morgan fingerprint density at radius 3 is 2.47 bits per heavy atom. The van der Waals surface area contributed by atoms with Gasteiger partial charge in [0, 0.05) is 58.1 Å². The second-order valence-electron chi connectivity index (χ2n) is 9.54. The second-order valence-corrected chi connectivity index (χ2v) is 9.54. The molecular formula is C25H31N5O2. The molecule has 3 aliphatic rings. The Morgan fingerprint density at radius 2 is 1.75 bits per heavy atom. The van der Waals surface area contributed by atoms with E-state index in [0.717, 1.165) is 45.4 Å². The number of benzene rings is 1. The molecule has 2 aliphatic heterocycles. The van der Waals surface area contributed by atoms with Crippen LogP contribution in [-0.4, -0.2) is 82.8 Å². The van der Waals surface area contributed by atoms with E-state index in [9.17, 15) is 9.59 Å². The van der Waals surface area contributed by atoms with Crippen LogP contribution in [0, 0.1) is 0 Å². The monoisotopic (exact) mass is 433 g/mol. The standard InChI is InChI=1S/C25H31N5O2/c1-28-12-14-29(15-13-28)23(31)16-19-17-25(21-5-3-2-4-20(19)21)6-10-30(11-7-25)24(32)22-18-26-8-9-27-22/h2-5,8-9,18-19H,6-7,10-17H2,1H3/t19-/m1/s1. The number of piperidine rings is 1. The minimum absolute atomic E-state index is 0.0407. The van der Waals surface area contributed by atoms with E-state index in [4.69, 9.17) is 0 Å². The summed E-state index contributed by atoms with van der Waals surface area (Å²) in [7, 11) is 2.11. The number of hydrogen-bond acceptors (Lipinski definition) is 5. The summed E-state index contributed by atoms with van der Waals surface area (Å²) in [4.78, 5) is 40.3. The third-order valence-electron chi connectivity index (χ3n) is 7.68. The van der Waals surface area contributed by atoms with Gasteiger partial charge in [0.15, 0.2) is 0 Å². The summed E-state index contributed by atoms with van der Waals surface area (Å²) >= 11 is 0. The van der Waals surface area contributed by atoms with Crippen molar-refractivity contribution in [2.24, 2.45) is 0 Å². The van der Waals surface area contributed by atoms with Crippen LogP contribution in [0.15, 0.2) is 42.9 Å². The summed E-state index contributed by atoms with van der Waals surface area (Å²) in [6.07, 6.45) is 8.13. The number of nitrogens with zero attached hydrogens (tertiary/aromatic N) is 5. The van der Waals surface area contributed by atoms with E-state index in [-0.39, 0.29) is 23.1 Å². The van der Waals surface area contributed by atoms with Crippen LogP contribution in [0.1, 0.15) is 53.2 Å². The number of likely N-dealkylation sites (N-methyl/N-ethyl adjacent to an activating group) is 1. The molecule has 1 aromatic carbocycles. The zero-order chi connectivity index (χ0) is 22.1. The summed E-state index contributed by atoms with van der Waals surface area (Å²) in [5.41, 5.74) is 3.19. The Kier molecular flexibility index (Phi) is 5.67. The van der Waals surface area contributed by atoms with Crippen LogP contribution in [-0.2, 0) is 10.2 Å². The first-order valence-corrected chi connectivity index (χ1v) is 11.7. The number of amides is 2. The van der Waals surface area contributed by atoms with Crippen LogP contribution >= 0.6 is 0 Å². The van der Waals surface area contributed by atoms with Crippen molar-refractivity contribution >= 4 is 11.8 Å². The van der Waals surface area contributed by atoms with Crippen molar-refractivity contribution in [2.75, 3.05) is 46.3 Å². The number of hydrogen-bond donors (Lipinski definition) is 0. The molecule has 0 unspecified atom stereocenters. The Hall–Kier alpha value is -2.80. The Morgan fingerprint density at radius 1 is 1.00 bits per heavy atom. The largest absolute Gasteiger partial charge is 0.340 e. The fraction of sp³-hybridized carbons (Fsp3) is 0.520. The smallest absolute Gasteiger partial charge is 0.274 e. The van der Waals surface area contributed by atoms with Gasteiger partial charge < -0.3 is 14.7 Å². The van der Waals surface area contributed by atoms with Crippen molar-refractivity contribution in [3.63, 3.8) is 0 Å². The number of carbonyl (C=O) groups is 2. The highest BCUT2D eigenvalue weighted by Gasteiger charge is 2.46. The van der Waals surface area contributed by atoms with E-state index in [2.05, 4.69) is 46.2 Å². The molecule has 7 nitrogen and oxygen atoms in total. The maximum atomic E-state index is 13.1. The van der Waals surface area contributed by atoms with E-state index in [1.807, 2.05) is 9.80 Å². The van der Waals surface area contributed by atoms with Gasteiger partial charge in [0.25, 0.3) is 5.91 Å². The first kappa shape index (κ1) is 21.1. The number of fused-ring (bicyclic) bond motifs is 2. The number of piperazine rings is 1. The SMILES string of the molecule is CN1CCN(C(=O)C[C@@H]2CC3(CCN(C(=O)c4cnccn4)CC3)c3ccccc32)CC1. The van der Waals surface area contributed by atoms with Gasteiger partial charge in [0.05, 0.1) is 6.20 Å². The zero-order valence-electron chi connectivity index (χ0n) is 18.7. The number of aromatic nitrogens is 2. The van der Waals surface area contributed by atoms with E-state index < -0.39 is 0 Å². The van der Waals surface area contributed by atoms with E-state index >= 15 is 0 Å². The quantitative estimate of drug-likeness (QED) is 0.743. The predicted molar refractivity (Wildman–Crippen MR) is 121 cm³/mol. The van der Waals surface area contributed by atoms with Crippen LogP contribution in [0.5, 0.6) is 0 Å². The van der Waals surface area contributed by atoms with Gasteiger partial charge in [0.1, 0.15) is 5.69 Å². The Labute approximate surface area is 189 Å². The molecule has 1 atom stereocenters. The molecule has 0 bridgehead atoms. The number of carbonyl (C=O) groups excluding carboxylic acids is 2. The van der Waals surface area contributed by atoms with E-state index in [1.165, 1.54) is 17.3 Å². The lowest BCUT2D eigenvalue weighted by molar-refractivity contribution is -0.133. The van der Waals surface area contributed by atoms with Crippen molar-refractivity contribution in [1.82, 2.24) is 24.7 Å². The van der Waals surface area contributed by atoms with Gasteiger partial charge in [-0.1, -0.05) is 24.3 Å². The van der Waals surface area contributed by atoms with Crippen molar-refractivity contribution < 1.29 is 9.59 Å². The van der Waals surface area contributed by atoms with Gasteiger partial charge in [-0.25, -0.2) is 4.98 Å². The summed E-state index contributed by atoms with van der Waals surface area (Å²) in [5, 5.41) is 0. The molecule has 5 rings (SSSR count). The average Bonchev–Trinajstić information content (AvgIpc) is 3.13. The first-order valence-electron chi connectivity index (χ1n) is 11.7. The lowest BCUT2D eigenvalue weighted by Gasteiger charge is -2.40. The highest BCUT2D eigenvalue weighted by Crippen LogP contribution is 2.52. The van der Waals surface area contributed by atoms with Crippen LogP contribution in [0.2, 0.25) is 0 Å². The van der Waals surface area contributed by atoms with E-state index in [1.54, 1.807) is 12.4 Å². The van der Waals surface area contributed by atoms with Gasteiger partial charge in [-0.3, -0.25) is 14.6 Å². The molecule has 32 heavy (non-hydrogen) atoms. The predicted octanol–water partition coefficient (Wildman–Crippen LogP) is 2.30. The van der Waals surface area contributed by atoms with Gasteiger partial charge in [-0.2, -0.15) is 0 Å². The van der Waals surface area contributed by atoms with Crippen molar-refractivity contribution in [3.8, 4) is 0 Å². The van der Waals surface area contributed by atoms with Crippen LogP contribution < -0.4 is 0 Å². The van der Waals surface area contributed by atoms with Gasteiger partial charge >= 0.3 is 0 Å². The lowest BCUT2D eigenvalue weighted by Crippen LogP contribution is -2.47.